The van der Waals surface area contributed by atoms with Crippen LogP contribution in [0.1, 0.15) is 64.1 Å². The molecule has 0 bridgehead atoms. The molecule has 0 radical (unpaired) electrons. The monoisotopic (exact) mass is 546 g/mol. The van der Waals surface area contributed by atoms with Crippen LogP contribution in [0.5, 0.6) is 0 Å². The maximum Gasteiger partial charge on any atom is 0.250 e. The predicted molar refractivity (Wildman–Crippen MR) is 158 cm³/mol. The van der Waals surface area contributed by atoms with Crippen molar-refractivity contribution >= 4 is 23.5 Å². The van der Waals surface area contributed by atoms with Crippen LogP contribution in [-0.2, 0) is 20.8 Å². The largest absolute Gasteiger partial charge is 0.343 e. The number of carbonyl (C=O) groups excluding carboxylic acids is 3. The number of aromatic nitrogens is 2. The normalized spacial score (nSPS) is 14.5. The van der Waals surface area contributed by atoms with Gasteiger partial charge in [-0.05, 0) is 50.7 Å². The molecule has 2 aromatic carbocycles. The molecule has 0 aliphatic carbocycles. The molecule has 1 unspecified atom stereocenters. The first-order valence-corrected chi connectivity index (χ1v) is 14.0. The second-order valence-corrected chi connectivity index (χ2v) is 10.5. The average Bonchev–Trinajstić information content (AvgIpc) is 3.65. The Labute approximate surface area is 237 Å². The fourth-order valence-electron chi connectivity index (χ4n) is 4.35. The smallest absolute Gasteiger partial charge is 0.250 e. The molecule has 4 N–H and O–H groups in total. The number of hydrogen-bond acceptors (Lipinski definition) is 5. The van der Waals surface area contributed by atoms with E-state index in [1.165, 1.54) is 5.56 Å². The van der Waals surface area contributed by atoms with Crippen molar-refractivity contribution in [2.75, 3.05) is 18.4 Å². The lowest BCUT2D eigenvalue weighted by molar-refractivity contribution is -0.132. The van der Waals surface area contributed by atoms with Crippen LogP contribution in [0.25, 0.3) is 0 Å². The number of imidazole rings is 1. The molecule has 0 saturated carbocycles. The number of benzene rings is 2. The van der Waals surface area contributed by atoms with Crippen LogP contribution in [0.4, 0.5) is 5.82 Å². The first-order valence-electron chi connectivity index (χ1n) is 14.0. The molecule has 1 fully saturated rings. The van der Waals surface area contributed by atoms with E-state index in [2.05, 4.69) is 46.8 Å². The second-order valence-electron chi connectivity index (χ2n) is 10.5. The number of nitrogens with one attached hydrogen (secondary N) is 2. The molecule has 2 heterocycles. The minimum Gasteiger partial charge on any atom is -0.343 e. The highest BCUT2D eigenvalue weighted by Crippen LogP contribution is 2.24. The Morgan fingerprint density at radius 3 is 2.10 bits per heavy atom. The highest BCUT2D eigenvalue weighted by Gasteiger charge is 2.30. The minimum atomic E-state index is -1.09. The Morgan fingerprint density at radius 1 is 0.975 bits per heavy atom. The van der Waals surface area contributed by atoms with Gasteiger partial charge in [0.2, 0.25) is 17.7 Å². The molecule has 40 heavy (non-hydrogen) atoms. The summed E-state index contributed by atoms with van der Waals surface area (Å²) >= 11 is 0. The molecule has 0 spiro atoms. The number of amides is 3. The molecular formula is C31H42N6O3. The standard InChI is InChI=1S/C23H32N6O3.C8H10/c1-4-17(26-22(32)23(2,3)24)20(30)27-18-14-29(15-25-18)19(16-10-6-5-7-11-16)21(31)28-12-8-9-13-28;1-2-8-6-4-3-5-7-8/h5-7,10-11,14-15,17,19H,4,8-9,12-13,24H2,1-3H3,(H,26,32)(H,27,30);3-7H,2H2,1H3/t17-,19?;/m1./s1. The number of nitrogens with two attached hydrogens (primary N) is 1. The van der Waals surface area contributed by atoms with Gasteiger partial charge in [-0.25, -0.2) is 4.98 Å². The van der Waals surface area contributed by atoms with Gasteiger partial charge in [0.25, 0.3) is 0 Å². The zero-order valence-corrected chi connectivity index (χ0v) is 24.0. The molecule has 2 atom stereocenters. The third-order valence-electron chi connectivity index (χ3n) is 6.78. The summed E-state index contributed by atoms with van der Waals surface area (Å²) in [6.07, 6.45) is 6.73. The Kier molecular flexibility index (Phi) is 11.0. The van der Waals surface area contributed by atoms with Gasteiger partial charge in [0.05, 0.1) is 11.9 Å². The summed E-state index contributed by atoms with van der Waals surface area (Å²) in [4.78, 5) is 44.3. The molecule has 1 saturated heterocycles. The van der Waals surface area contributed by atoms with Crippen LogP contribution in [0.3, 0.4) is 0 Å². The van der Waals surface area contributed by atoms with E-state index in [-0.39, 0.29) is 5.91 Å². The van der Waals surface area contributed by atoms with Crippen LogP contribution in [-0.4, -0.2) is 56.8 Å². The lowest BCUT2D eigenvalue weighted by atomic mass is 10.1. The van der Waals surface area contributed by atoms with Crippen LogP contribution in [0, 0.1) is 0 Å². The summed E-state index contributed by atoms with van der Waals surface area (Å²) in [5.74, 6) is -0.486. The highest BCUT2D eigenvalue weighted by molar-refractivity contribution is 5.97. The summed E-state index contributed by atoms with van der Waals surface area (Å²) < 4.78 is 1.72. The van der Waals surface area contributed by atoms with Gasteiger partial charge in [-0.2, -0.15) is 0 Å². The van der Waals surface area contributed by atoms with E-state index in [4.69, 9.17) is 5.73 Å². The van der Waals surface area contributed by atoms with Gasteiger partial charge in [0.15, 0.2) is 5.82 Å². The van der Waals surface area contributed by atoms with E-state index in [1.807, 2.05) is 41.3 Å². The number of aryl methyl sites for hydroxylation is 1. The van der Waals surface area contributed by atoms with Crippen molar-refractivity contribution in [2.24, 2.45) is 5.73 Å². The van der Waals surface area contributed by atoms with Crippen LogP contribution >= 0.6 is 0 Å². The fourth-order valence-corrected chi connectivity index (χ4v) is 4.35. The van der Waals surface area contributed by atoms with Crippen LogP contribution < -0.4 is 16.4 Å². The quantitative estimate of drug-likeness (QED) is 0.376. The molecular weight excluding hydrogens is 504 g/mol. The van der Waals surface area contributed by atoms with Gasteiger partial charge in [-0.1, -0.05) is 74.5 Å². The van der Waals surface area contributed by atoms with Crippen LogP contribution in [0.15, 0.2) is 73.2 Å². The van der Waals surface area contributed by atoms with Crippen molar-refractivity contribution < 1.29 is 14.4 Å². The molecule has 1 aliphatic rings. The first-order chi connectivity index (χ1) is 19.1. The van der Waals surface area contributed by atoms with E-state index in [9.17, 15) is 14.4 Å². The summed E-state index contributed by atoms with van der Waals surface area (Å²) in [5.41, 5.74) is 6.98. The molecule has 9 nitrogen and oxygen atoms in total. The SMILES string of the molecule is CC[C@@H](NC(=O)C(C)(C)N)C(=O)Nc1cn(C(C(=O)N2CCCC2)c2ccccc2)cn1.CCc1ccccc1. The third-order valence-corrected chi connectivity index (χ3v) is 6.78. The summed E-state index contributed by atoms with van der Waals surface area (Å²) in [7, 11) is 0. The van der Waals surface area contributed by atoms with E-state index in [0.717, 1.165) is 37.9 Å². The minimum absolute atomic E-state index is 0.00727. The Morgan fingerprint density at radius 2 is 1.57 bits per heavy atom. The maximum atomic E-state index is 13.3. The topological polar surface area (TPSA) is 122 Å². The molecule has 214 valence electrons. The van der Waals surface area contributed by atoms with Gasteiger partial charge in [0.1, 0.15) is 12.1 Å². The van der Waals surface area contributed by atoms with Gasteiger partial charge < -0.3 is 25.8 Å². The van der Waals surface area contributed by atoms with Gasteiger partial charge >= 0.3 is 0 Å². The molecule has 4 rings (SSSR count). The zero-order valence-electron chi connectivity index (χ0n) is 24.0. The molecule has 3 amide bonds. The number of carbonyl (C=O) groups is 3. The number of anilines is 1. The number of nitrogens with zero attached hydrogens (tertiary/aromatic N) is 3. The second kappa shape index (κ2) is 14.4. The van der Waals surface area contributed by atoms with E-state index < -0.39 is 29.4 Å². The van der Waals surface area contributed by atoms with Crippen molar-refractivity contribution in [1.29, 1.82) is 0 Å². The maximum absolute atomic E-state index is 13.3. The van der Waals surface area contributed by atoms with Crippen molar-refractivity contribution in [3.63, 3.8) is 0 Å². The Balaban J connectivity index is 0.000000472. The summed E-state index contributed by atoms with van der Waals surface area (Å²) in [6.45, 7) is 8.61. The third kappa shape index (κ3) is 8.51. The first kappa shape index (κ1) is 30.6. The Hall–Kier alpha value is -3.98. The van der Waals surface area contributed by atoms with Crippen molar-refractivity contribution in [3.8, 4) is 0 Å². The van der Waals surface area contributed by atoms with E-state index in [0.29, 0.717) is 12.2 Å². The van der Waals surface area contributed by atoms with Crippen molar-refractivity contribution in [1.82, 2.24) is 19.8 Å². The van der Waals surface area contributed by atoms with Crippen LogP contribution in [0.2, 0.25) is 0 Å². The average molecular weight is 547 g/mol. The van der Waals surface area contributed by atoms with Crippen molar-refractivity contribution in [3.05, 3.63) is 84.3 Å². The number of hydrogen-bond donors (Lipinski definition) is 3. The predicted octanol–water partition coefficient (Wildman–Crippen LogP) is 3.91. The lowest BCUT2D eigenvalue weighted by Crippen LogP contribution is -2.54. The van der Waals surface area contributed by atoms with Gasteiger partial charge in [-0.15, -0.1) is 0 Å². The highest BCUT2D eigenvalue weighted by atomic mass is 16.2. The van der Waals surface area contributed by atoms with Crippen molar-refractivity contribution in [2.45, 2.75) is 71.0 Å². The number of likely N-dealkylation sites (tertiary alicyclic amines) is 1. The molecule has 1 aliphatic heterocycles. The Bertz CT molecular complexity index is 1230. The zero-order chi connectivity index (χ0) is 29.1. The van der Waals surface area contributed by atoms with Gasteiger partial charge in [0, 0.05) is 19.3 Å². The number of rotatable bonds is 9. The molecule has 3 aromatic rings. The fraction of sp³-hybridized carbons (Fsp3) is 0.419. The van der Waals surface area contributed by atoms with E-state index >= 15 is 0 Å². The molecule has 9 heteroatoms. The molecule has 1 aromatic heterocycles. The lowest BCUT2D eigenvalue weighted by Gasteiger charge is -2.24. The summed E-state index contributed by atoms with van der Waals surface area (Å²) in [6, 6.07) is 18.7. The summed E-state index contributed by atoms with van der Waals surface area (Å²) in [5, 5.41) is 5.40. The van der Waals surface area contributed by atoms with E-state index in [1.54, 1.807) is 37.9 Å². The van der Waals surface area contributed by atoms with Gasteiger partial charge in [-0.3, -0.25) is 14.4 Å².